The quantitative estimate of drug-likeness (QED) is 0.653. The first-order valence-electron chi connectivity index (χ1n) is 12.5. The number of allylic oxidation sites excluding steroid dienone is 2. The van der Waals surface area contributed by atoms with E-state index in [9.17, 15) is 9.90 Å². The maximum Gasteiger partial charge on any atom is 0.159 e. The van der Waals surface area contributed by atoms with Crippen LogP contribution in [-0.4, -0.2) is 34.9 Å². The first kappa shape index (κ1) is 21.0. The molecular formula is C29H33NO3. The monoisotopic (exact) mass is 443 g/mol. The van der Waals surface area contributed by atoms with Gasteiger partial charge in [-0.2, -0.15) is 0 Å². The first-order valence-corrected chi connectivity index (χ1v) is 12.5. The predicted octanol–water partition coefficient (Wildman–Crippen LogP) is 5.35. The molecule has 33 heavy (non-hydrogen) atoms. The largest absolute Gasteiger partial charge is 0.512 e. The second kappa shape index (κ2) is 8.02. The minimum atomic E-state index is -0.104. The van der Waals surface area contributed by atoms with Crippen molar-refractivity contribution in [3.05, 3.63) is 76.6 Å². The Kier molecular flexibility index (Phi) is 5.10. The van der Waals surface area contributed by atoms with Crippen LogP contribution in [0.2, 0.25) is 0 Å². The summed E-state index contributed by atoms with van der Waals surface area (Å²) < 4.78 is 6.20. The number of piperidine rings is 1. The molecule has 0 amide bonds. The number of nitrogens with zero attached hydrogens (tertiary/aromatic N) is 1. The van der Waals surface area contributed by atoms with E-state index >= 15 is 0 Å². The zero-order valence-electron chi connectivity index (χ0n) is 19.4. The van der Waals surface area contributed by atoms with Crippen molar-refractivity contribution >= 4 is 5.78 Å². The SMILES string of the molecule is CC(=O)C1=C(O)C[C@@]23CCN(CC4CC4)C(Cc4ccc(OCc5ccccc5)cc42)C3C1. The molecule has 2 unspecified atom stereocenters. The molecule has 1 heterocycles. The molecule has 1 aliphatic heterocycles. The van der Waals surface area contributed by atoms with Crippen molar-refractivity contribution in [2.24, 2.45) is 11.8 Å². The molecule has 2 fully saturated rings. The number of Topliss-reactive ketones (excluding diaryl/α,β-unsaturated/α-hetero) is 1. The lowest BCUT2D eigenvalue weighted by Crippen LogP contribution is -2.61. The fourth-order valence-electron chi connectivity index (χ4n) is 6.77. The maximum absolute atomic E-state index is 12.3. The molecule has 172 valence electrons. The Hall–Kier alpha value is -2.59. The number of ether oxygens (including phenoxy) is 1. The number of ketones is 1. The number of carbonyl (C=O) groups is 1. The zero-order chi connectivity index (χ0) is 22.6. The van der Waals surface area contributed by atoms with Crippen LogP contribution in [0.5, 0.6) is 5.75 Å². The highest BCUT2D eigenvalue weighted by molar-refractivity contribution is 5.94. The van der Waals surface area contributed by atoms with Gasteiger partial charge in [0.15, 0.2) is 5.78 Å². The molecule has 0 aromatic heterocycles. The molecular weight excluding hydrogens is 410 g/mol. The number of hydrogen-bond acceptors (Lipinski definition) is 4. The summed E-state index contributed by atoms with van der Waals surface area (Å²) >= 11 is 0. The van der Waals surface area contributed by atoms with Crippen LogP contribution < -0.4 is 4.74 Å². The van der Waals surface area contributed by atoms with Crippen molar-refractivity contribution in [1.82, 2.24) is 4.90 Å². The molecule has 3 aliphatic carbocycles. The number of rotatable bonds is 6. The number of aliphatic hydroxyl groups is 1. The number of hydrogen-bond donors (Lipinski definition) is 1. The summed E-state index contributed by atoms with van der Waals surface area (Å²) in [6, 6.07) is 17.3. The van der Waals surface area contributed by atoms with E-state index in [1.165, 1.54) is 30.5 Å². The Balaban J connectivity index is 1.36. The van der Waals surface area contributed by atoms with Gasteiger partial charge in [0.2, 0.25) is 0 Å². The molecule has 2 aromatic carbocycles. The number of benzene rings is 2. The molecule has 4 heteroatoms. The average Bonchev–Trinajstić information content (AvgIpc) is 3.64. The second-order valence-electron chi connectivity index (χ2n) is 10.7. The smallest absolute Gasteiger partial charge is 0.159 e. The van der Waals surface area contributed by atoms with Gasteiger partial charge in [0, 0.05) is 30.0 Å². The van der Waals surface area contributed by atoms with Crippen LogP contribution in [0.15, 0.2) is 59.9 Å². The minimum Gasteiger partial charge on any atom is -0.512 e. The zero-order valence-corrected chi connectivity index (χ0v) is 19.4. The van der Waals surface area contributed by atoms with E-state index in [0.717, 1.165) is 36.6 Å². The van der Waals surface area contributed by atoms with Gasteiger partial charge in [-0.15, -0.1) is 0 Å². The number of fused-ring (bicyclic) bond motifs is 1. The normalized spacial score (nSPS) is 28.8. The summed E-state index contributed by atoms with van der Waals surface area (Å²) in [4.78, 5) is 15.1. The molecule has 2 aromatic rings. The van der Waals surface area contributed by atoms with E-state index in [-0.39, 0.29) is 11.2 Å². The molecule has 1 N–H and O–H groups in total. The lowest BCUT2D eigenvalue weighted by atomic mass is 9.52. The summed E-state index contributed by atoms with van der Waals surface area (Å²) in [5, 5.41) is 11.0. The van der Waals surface area contributed by atoms with Crippen molar-refractivity contribution in [3.63, 3.8) is 0 Å². The summed E-state index contributed by atoms with van der Waals surface area (Å²) in [5.74, 6) is 2.46. The van der Waals surface area contributed by atoms with Crippen LogP contribution in [0.3, 0.4) is 0 Å². The summed E-state index contributed by atoms with van der Waals surface area (Å²) in [6.07, 6.45) is 6.05. The first-order chi connectivity index (χ1) is 16.0. The standard InChI is InChI=1S/C29H33NO3/c1-19(31)24-15-26-27-13-22-9-10-23(33-18-21-5-3-2-4-6-21)14-25(22)29(26,16-28(24)32)11-12-30(27)17-20-7-8-20/h2-6,9-10,14,20,26-27,32H,7-8,11-13,15-18H2,1H3/t26?,27?,29-/m0/s1. The van der Waals surface area contributed by atoms with E-state index in [1.54, 1.807) is 6.92 Å². The van der Waals surface area contributed by atoms with Crippen LogP contribution in [0, 0.1) is 11.8 Å². The molecule has 4 aliphatic rings. The Morgan fingerprint density at radius 2 is 1.97 bits per heavy atom. The second-order valence-corrected chi connectivity index (χ2v) is 10.7. The van der Waals surface area contributed by atoms with Crippen LogP contribution in [0.4, 0.5) is 0 Å². The Labute approximate surface area is 196 Å². The van der Waals surface area contributed by atoms with Crippen molar-refractivity contribution in [3.8, 4) is 5.75 Å². The fraction of sp³-hybridized carbons (Fsp3) is 0.483. The topological polar surface area (TPSA) is 49.8 Å². The lowest BCUT2D eigenvalue weighted by Gasteiger charge is -2.59. The minimum absolute atomic E-state index is 0.0277. The van der Waals surface area contributed by atoms with Crippen LogP contribution >= 0.6 is 0 Å². The predicted molar refractivity (Wildman–Crippen MR) is 128 cm³/mol. The van der Waals surface area contributed by atoms with Crippen LogP contribution in [0.25, 0.3) is 0 Å². The van der Waals surface area contributed by atoms with Crippen molar-refractivity contribution in [1.29, 1.82) is 0 Å². The molecule has 4 nitrogen and oxygen atoms in total. The molecule has 3 atom stereocenters. The Morgan fingerprint density at radius 3 is 2.73 bits per heavy atom. The molecule has 2 bridgehead atoms. The fourth-order valence-corrected chi connectivity index (χ4v) is 6.77. The Bertz CT molecular complexity index is 1100. The third-order valence-corrected chi connectivity index (χ3v) is 8.65. The Morgan fingerprint density at radius 1 is 1.15 bits per heavy atom. The third kappa shape index (κ3) is 3.69. The van der Waals surface area contributed by atoms with Gasteiger partial charge in [0.25, 0.3) is 0 Å². The van der Waals surface area contributed by atoms with Gasteiger partial charge in [0.1, 0.15) is 12.4 Å². The van der Waals surface area contributed by atoms with Gasteiger partial charge < -0.3 is 9.84 Å². The highest BCUT2D eigenvalue weighted by atomic mass is 16.5. The van der Waals surface area contributed by atoms with Crippen molar-refractivity contribution in [2.45, 2.75) is 63.5 Å². The highest BCUT2D eigenvalue weighted by Crippen LogP contribution is 2.57. The van der Waals surface area contributed by atoms with Gasteiger partial charge in [0.05, 0.1) is 5.76 Å². The highest BCUT2D eigenvalue weighted by Gasteiger charge is 2.56. The summed E-state index contributed by atoms with van der Waals surface area (Å²) in [5.41, 5.74) is 4.45. The third-order valence-electron chi connectivity index (χ3n) is 8.65. The molecule has 6 rings (SSSR count). The van der Waals surface area contributed by atoms with Crippen molar-refractivity contribution in [2.75, 3.05) is 13.1 Å². The lowest BCUT2D eigenvalue weighted by molar-refractivity contribution is -0.114. The van der Waals surface area contributed by atoms with E-state index in [4.69, 9.17) is 4.74 Å². The number of aliphatic hydroxyl groups excluding tert-OH is 1. The number of likely N-dealkylation sites (tertiary alicyclic amines) is 1. The van der Waals surface area contributed by atoms with Crippen LogP contribution in [-0.2, 0) is 23.2 Å². The molecule has 1 saturated heterocycles. The van der Waals surface area contributed by atoms with E-state index in [1.807, 2.05) is 18.2 Å². The molecule has 1 saturated carbocycles. The van der Waals surface area contributed by atoms with Crippen molar-refractivity contribution < 1.29 is 14.6 Å². The average molecular weight is 444 g/mol. The summed E-state index contributed by atoms with van der Waals surface area (Å²) in [6.45, 7) is 4.42. The molecule has 0 radical (unpaired) electrons. The number of carbonyl (C=O) groups excluding carboxylic acids is 1. The van der Waals surface area contributed by atoms with Crippen LogP contribution in [0.1, 0.15) is 55.7 Å². The maximum atomic E-state index is 12.3. The van der Waals surface area contributed by atoms with Gasteiger partial charge >= 0.3 is 0 Å². The van der Waals surface area contributed by atoms with Gasteiger partial charge in [-0.3, -0.25) is 9.69 Å². The van der Waals surface area contributed by atoms with E-state index in [0.29, 0.717) is 42.7 Å². The van der Waals surface area contributed by atoms with E-state index < -0.39 is 0 Å². The van der Waals surface area contributed by atoms with Gasteiger partial charge in [-0.05, 0) is 86.2 Å². The van der Waals surface area contributed by atoms with Gasteiger partial charge in [-0.1, -0.05) is 36.4 Å². The summed E-state index contributed by atoms with van der Waals surface area (Å²) in [7, 11) is 0. The molecule has 0 spiro atoms. The van der Waals surface area contributed by atoms with E-state index in [2.05, 4.69) is 35.2 Å². The van der Waals surface area contributed by atoms with Gasteiger partial charge in [-0.25, -0.2) is 0 Å².